The molecule has 1 heterocycles. The third-order valence-corrected chi connectivity index (χ3v) is 7.48. The first-order valence-corrected chi connectivity index (χ1v) is 10.4. The molecule has 8 heteroatoms. The summed E-state index contributed by atoms with van der Waals surface area (Å²) in [6, 6.07) is 11.4. The zero-order chi connectivity index (χ0) is 16.0. The fraction of sp³-hybridized carbons (Fsp3) is 0.286. The van der Waals surface area contributed by atoms with E-state index in [9.17, 15) is 16.8 Å². The van der Waals surface area contributed by atoms with Gasteiger partial charge in [0, 0.05) is 0 Å². The Morgan fingerprint density at radius 3 is 2.36 bits per heavy atom. The minimum absolute atomic E-state index is 0.0966. The van der Waals surface area contributed by atoms with E-state index in [0.717, 1.165) is 10.8 Å². The van der Waals surface area contributed by atoms with Gasteiger partial charge in [0.1, 0.15) is 0 Å². The van der Waals surface area contributed by atoms with Crippen LogP contribution in [0.3, 0.4) is 0 Å². The van der Waals surface area contributed by atoms with E-state index in [4.69, 9.17) is 11.6 Å². The number of benzene rings is 2. The van der Waals surface area contributed by atoms with Crippen molar-refractivity contribution in [3.63, 3.8) is 0 Å². The Morgan fingerprint density at radius 1 is 1.05 bits per heavy atom. The van der Waals surface area contributed by atoms with Gasteiger partial charge in [0.25, 0.3) is 0 Å². The molecule has 118 valence electrons. The number of hydrogen-bond acceptors (Lipinski definition) is 4. The lowest BCUT2D eigenvalue weighted by molar-refractivity contribution is 0.563. The van der Waals surface area contributed by atoms with Gasteiger partial charge in [-0.1, -0.05) is 30.3 Å². The molecule has 5 nitrogen and oxygen atoms in total. The van der Waals surface area contributed by atoms with Crippen molar-refractivity contribution in [1.29, 1.82) is 0 Å². The van der Waals surface area contributed by atoms with Gasteiger partial charge in [0.2, 0.25) is 10.0 Å². The zero-order valence-corrected chi connectivity index (χ0v) is 13.8. The van der Waals surface area contributed by atoms with Crippen molar-refractivity contribution < 1.29 is 16.8 Å². The maximum absolute atomic E-state index is 12.4. The van der Waals surface area contributed by atoms with Gasteiger partial charge >= 0.3 is 0 Å². The molecule has 1 saturated heterocycles. The highest BCUT2D eigenvalue weighted by atomic mass is 35.5. The number of hydrogen-bond donors (Lipinski definition) is 1. The average Bonchev–Trinajstić information content (AvgIpc) is 2.70. The summed E-state index contributed by atoms with van der Waals surface area (Å²) in [6.07, 6.45) is 0. The van der Waals surface area contributed by atoms with Gasteiger partial charge in [0.05, 0.1) is 27.8 Å². The summed E-state index contributed by atoms with van der Waals surface area (Å²) in [5, 5.41) is 0.979. The minimum atomic E-state index is -3.82. The molecule has 2 atom stereocenters. The van der Waals surface area contributed by atoms with Gasteiger partial charge in [-0.25, -0.2) is 21.6 Å². The van der Waals surface area contributed by atoms with Crippen LogP contribution in [0.4, 0.5) is 0 Å². The molecule has 1 aliphatic rings. The maximum Gasteiger partial charge on any atom is 0.240 e. The summed E-state index contributed by atoms with van der Waals surface area (Å²) in [4.78, 5) is 0.0966. The van der Waals surface area contributed by atoms with Gasteiger partial charge in [-0.2, -0.15) is 0 Å². The molecule has 0 spiro atoms. The van der Waals surface area contributed by atoms with Crippen LogP contribution in [0, 0.1) is 0 Å². The Balaban J connectivity index is 1.92. The maximum atomic E-state index is 12.4. The largest absolute Gasteiger partial charge is 0.240 e. The Hall–Kier alpha value is -1.15. The SMILES string of the molecule is O=S1(=O)C[C@@H](Cl)[C@@H](NS(=O)(=O)c2ccc3ccccc3c2)C1. The Morgan fingerprint density at radius 2 is 1.73 bits per heavy atom. The summed E-state index contributed by atoms with van der Waals surface area (Å²) >= 11 is 5.95. The molecule has 1 aliphatic heterocycles. The summed E-state index contributed by atoms with van der Waals surface area (Å²) in [7, 11) is -7.11. The Bertz CT molecular complexity index is 925. The van der Waals surface area contributed by atoms with Gasteiger partial charge in [-0.3, -0.25) is 0 Å². The molecular weight excluding hydrogens is 346 g/mol. The van der Waals surface area contributed by atoms with Crippen molar-refractivity contribution in [2.24, 2.45) is 0 Å². The standard InChI is InChI=1S/C14H14ClNO4S2/c15-13-8-21(17,18)9-14(13)16-22(19,20)12-6-5-10-3-1-2-4-11(10)7-12/h1-7,13-14,16H,8-9H2/t13-,14+/m1/s1. The normalized spacial score (nSPS) is 24.6. The molecule has 1 N–H and O–H groups in total. The molecule has 3 rings (SSSR count). The van der Waals surface area contributed by atoms with Crippen LogP contribution in [-0.4, -0.2) is 39.8 Å². The zero-order valence-electron chi connectivity index (χ0n) is 11.4. The lowest BCUT2D eigenvalue weighted by Crippen LogP contribution is -2.40. The van der Waals surface area contributed by atoms with Crippen LogP contribution in [0.15, 0.2) is 47.4 Å². The highest BCUT2D eigenvalue weighted by molar-refractivity contribution is 7.92. The molecule has 1 fully saturated rings. The highest BCUT2D eigenvalue weighted by Gasteiger charge is 2.38. The summed E-state index contributed by atoms with van der Waals surface area (Å²) in [6.45, 7) is 0. The number of alkyl halides is 1. The Labute approximate surface area is 134 Å². The first-order chi connectivity index (χ1) is 10.3. The third-order valence-electron chi connectivity index (χ3n) is 3.62. The monoisotopic (exact) mass is 359 g/mol. The molecule has 2 aromatic carbocycles. The number of sulfone groups is 1. The van der Waals surface area contributed by atoms with Crippen LogP contribution in [0.1, 0.15) is 0 Å². The highest BCUT2D eigenvalue weighted by Crippen LogP contribution is 2.22. The van der Waals surface area contributed by atoms with E-state index in [1.807, 2.05) is 24.3 Å². The smallest absolute Gasteiger partial charge is 0.229 e. The second-order valence-corrected chi connectivity index (χ2v) is 9.76. The number of nitrogens with one attached hydrogen (secondary N) is 1. The molecular formula is C14H14ClNO4S2. The fourth-order valence-corrected chi connectivity index (χ4v) is 6.56. The lowest BCUT2D eigenvalue weighted by atomic mass is 10.1. The van der Waals surface area contributed by atoms with Crippen molar-refractivity contribution in [2.75, 3.05) is 11.5 Å². The molecule has 0 saturated carbocycles. The minimum Gasteiger partial charge on any atom is -0.229 e. The lowest BCUT2D eigenvalue weighted by Gasteiger charge is -2.15. The van der Waals surface area contributed by atoms with Gasteiger partial charge in [-0.15, -0.1) is 11.6 Å². The predicted molar refractivity (Wildman–Crippen MR) is 86.4 cm³/mol. The first-order valence-electron chi connectivity index (χ1n) is 6.62. The molecule has 22 heavy (non-hydrogen) atoms. The van der Waals surface area contributed by atoms with Crippen LogP contribution in [0.25, 0.3) is 10.8 Å². The third kappa shape index (κ3) is 3.12. The van der Waals surface area contributed by atoms with E-state index in [0.29, 0.717) is 0 Å². The average molecular weight is 360 g/mol. The van der Waals surface area contributed by atoms with Gasteiger partial charge < -0.3 is 0 Å². The van der Waals surface area contributed by atoms with Gasteiger partial charge in [0.15, 0.2) is 9.84 Å². The topological polar surface area (TPSA) is 80.3 Å². The molecule has 0 aliphatic carbocycles. The Kier molecular flexibility index (Phi) is 3.92. The van der Waals surface area contributed by atoms with Crippen LogP contribution in [-0.2, 0) is 19.9 Å². The van der Waals surface area contributed by atoms with E-state index < -0.39 is 31.3 Å². The summed E-state index contributed by atoms with van der Waals surface area (Å²) in [5.41, 5.74) is 0. The quantitative estimate of drug-likeness (QED) is 0.842. The van der Waals surface area contributed by atoms with Crippen molar-refractivity contribution >= 4 is 42.2 Å². The van der Waals surface area contributed by atoms with Crippen molar-refractivity contribution in [3.05, 3.63) is 42.5 Å². The van der Waals surface area contributed by atoms with E-state index in [1.165, 1.54) is 6.07 Å². The van der Waals surface area contributed by atoms with Crippen molar-refractivity contribution in [1.82, 2.24) is 4.72 Å². The first kappa shape index (κ1) is 15.7. The number of halogens is 1. The van der Waals surface area contributed by atoms with Crippen LogP contribution in [0.5, 0.6) is 0 Å². The van der Waals surface area contributed by atoms with E-state index in [-0.39, 0.29) is 16.4 Å². The number of rotatable bonds is 3. The second-order valence-electron chi connectivity index (χ2n) is 5.33. The molecule has 0 unspecified atom stereocenters. The van der Waals surface area contributed by atoms with E-state index in [1.54, 1.807) is 12.1 Å². The number of sulfonamides is 1. The molecule has 0 bridgehead atoms. The summed E-state index contributed by atoms with van der Waals surface area (Å²) < 4.78 is 50.3. The van der Waals surface area contributed by atoms with Crippen LogP contribution < -0.4 is 4.72 Å². The van der Waals surface area contributed by atoms with Crippen LogP contribution >= 0.6 is 11.6 Å². The van der Waals surface area contributed by atoms with Gasteiger partial charge in [-0.05, 0) is 22.9 Å². The van der Waals surface area contributed by atoms with E-state index >= 15 is 0 Å². The summed E-state index contributed by atoms with van der Waals surface area (Å²) in [5.74, 6) is -0.479. The predicted octanol–water partition coefficient (Wildman–Crippen LogP) is 1.52. The van der Waals surface area contributed by atoms with Crippen molar-refractivity contribution in [2.45, 2.75) is 16.3 Å². The fourth-order valence-electron chi connectivity index (χ4n) is 2.51. The molecule has 0 radical (unpaired) electrons. The second kappa shape index (κ2) is 5.49. The van der Waals surface area contributed by atoms with Crippen LogP contribution in [0.2, 0.25) is 0 Å². The molecule has 2 aromatic rings. The van der Waals surface area contributed by atoms with E-state index in [2.05, 4.69) is 4.72 Å². The molecule has 0 aromatic heterocycles. The van der Waals surface area contributed by atoms with Crippen molar-refractivity contribution in [3.8, 4) is 0 Å². The number of fused-ring (bicyclic) bond motifs is 1. The molecule has 0 amide bonds.